The molecular formula is C14H7F6IO2. The van der Waals surface area contributed by atoms with Gasteiger partial charge in [-0.2, -0.15) is 0 Å². The Labute approximate surface area is 140 Å². The van der Waals surface area contributed by atoms with Crippen molar-refractivity contribution in [2.75, 3.05) is 0 Å². The molecule has 2 aromatic rings. The van der Waals surface area contributed by atoms with Gasteiger partial charge in [0.1, 0.15) is 11.5 Å². The number of rotatable bonds is 3. The van der Waals surface area contributed by atoms with Crippen LogP contribution in [0.3, 0.4) is 0 Å². The van der Waals surface area contributed by atoms with Crippen LogP contribution in [-0.2, 0) is 0 Å². The first-order valence-electron chi connectivity index (χ1n) is 5.95. The van der Waals surface area contributed by atoms with Crippen LogP contribution in [0.4, 0.5) is 26.3 Å². The van der Waals surface area contributed by atoms with E-state index in [-0.39, 0.29) is 14.7 Å². The lowest BCUT2D eigenvalue weighted by molar-refractivity contribution is -0.275. The van der Waals surface area contributed by atoms with E-state index in [4.69, 9.17) is 0 Å². The quantitative estimate of drug-likeness (QED) is 0.440. The summed E-state index contributed by atoms with van der Waals surface area (Å²) in [6.45, 7) is 0. The highest BCUT2D eigenvalue weighted by Gasteiger charge is 2.33. The van der Waals surface area contributed by atoms with Gasteiger partial charge in [-0.25, -0.2) is 0 Å². The molecule has 0 saturated carbocycles. The van der Waals surface area contributed by atoms with E-state index in [1.807, 2.05) is 0 Å². The van der Waals surface area contributed by atoms with Crippen LogP contribution in [0.1, 0.15) is 0 Å². The number of ether oxygens (including phenoxy) is 2. The lowest BCUT2D eigenvalue weighted by Crippen LogP contribution is -2.18. The third kappa shape index (κ3) is 5.19. The Kier molecular flexibility index (Phi) is 4.97. The molecule has 0 unspecified atom stereocenters. The molecular weight excluding hydrogens is 441 g/mol. The van der Waals surface area contributed by atoms with Crippen LogP contribution >= 0.6 is 22.6 Å². The van der Waals surface area contributed by atoms with Crippen molar-refractivity contribution >= 4 is 22.6 Å². The largest absolute Gasteiger partial charge is 0.573 e. The van der Waals surface area contributed by atoms with Crippen molar-refractivity contribution in [2.24, 2.45) is 0 Å². The SMILES string of the molecule is FC(F)(F)Oc1ccc(-c2ccccc2OC(F)(F)F)cc1I. The molecule has 0 fully saturated rings. The molecule has 0 atom stereocenters. The van der Waals surface area contributed by atoms with Crippen LogP contribution in [0, 0.1) is 3.57 Å². The van der Waals surface area contributed by atoms with Crippen molar-refractivity contribution in [3.8, 4) is 22.6 Å². The van der Waals surface area contributed by atoms with Crippen LogP contribution in [0.5, 0.6) is 11.5 Å². The van der Waals surface area contributed by atoms with Crippen molar-refractivity contribution < 1.29 is 35.8 Å². The number of para-hydroxylation sites is 1. The fourth-order valence-corrected chi connectivity index (χ4v) is 2.42. The summed E-state index contributed by atoms with van der Waals surface area (Å²) in [5, 5.41) is 0. The Morgan fingerprint density at radius 1 is 0.739 bits per heavy atom. The molecule has 0 aliphatic rings. The Hall–Kier alpha value is -1.65. The molecule has 0 amide bonds. The predicted octanol–water partition coefficient (Wildman–Crippen LogP) is 5.76. The van der Waals surface area contributed by atoms with E-state index in [9.17, 15) is 26.3 Å². The molecule has 0 spiro atoms. The van der Waals surface area contributed by atoms with Crippen molar-refractivity contribution in [3.63, 3.8) is 0 Å². The molecule has 0 aliphatic carbocycles. The van der Waals surface area contributed by atoms with E-state index in [1.54, 1.807) is 22.6 Å². The monoisotopic (exact) mass is 448 g/mol. The average Bonchev–Trinajstić information content (AvgIpc) is 2.38. The van der Waals surface area contributed by atoms with Crippen molar-refractivity contribution in [2.45, 2.75) is 12.7 Å². The second kappa shape index (κ2) is 6.46. The summed E-state index contributed by atoms with van der Waals surface area (Å²) in [6.07, 6.45) is -9.72. The molecule has 0 heterocycles. The van der Waals surface area contributed by atoms with Gasteiger partial charge in [0.05, 0.1) is 3.57 Å². The Bertz CT molecular complexity index is 696. The fraction of sp³-hybridized carbons (Fsp3) is 0.143. The molecule has 0 saturated heterocycles. The van der Waals surface area contributed by atoms with Gasteiger partial charge in [-0.15, -0.1) is 26.3 Å². The van der Waals surface area contributed by atoms with Crippen molar-refractivity contribution in [3.05, 3.63) is 46.0 Å². The highest BCUT2D eigenvalue weighted by Crippen LogP contribution is 2.37. The average molecular weight is 448 g/mol. The van der Waals surface area contributed by atoms with Crippen LogP contribution in [0.15, 0.2) is 42.5 Å². The summed E-state index contributed by atoms with van der Waals surface area (Å²) in [5.41, 5.74) is 0.366. The van der Waals surface area contributed by atoms with E-state index < -0.39 is 24.2 Å². The molecule has 0 aromatic heterocycles. The van der Waals surface area contributed by atoms with Crippen LogP contribution in [0.2, 0.25) is 0 Å². The van der Waals surface area contributed by atoms with Crippen molar-refractivity contribution in [1.29, 1.82) is 0 Å². The van der Waals surface area contributed by atoms with Crippen LogP contribution in [0.25, 0.3) is 11.1 Å². The maximum absolute atomic E-state index is 12.4. The van der Waals surface area contributed by atoms with Crippen LogP contribution in [-0.4, -0.2) is 12.7 Å². The van der Waals surface area contributed by atoms with E-state index >= 15 is 0 Å². The minimum Gasteiger partial charge on any atom is -0.405 e. The zero-order valence-electron chi connectivity index (χ0n) is 11.0. The molecule has 0 bridgehead atoms. The molecule has 9 heteroatoms. The highest BCUT2D eigenvalue weighted by molar-refractivity contribution is 14.1. The smallest absolute Gasteiger partial charge is 0.405 e. The summed E-state index contributed by atoms with van der Waals surface area (Å²) in [5.74, 6) is -0.878. The van der Waals surface area contributed by atoms with Gasteiger partial charge >= 0.3 is 12.7 Å². The Balaban J connectivity index is 2.38. The van der Waals surface area contributed by atoms with E-state index in [0.29, 0.717) is 0 Å². The van der Waals surface area contributed by atoms with Crippen LogP contribution < -0.4 is 9.47 Å². The second-order valence-corrected chi connectivity index (χ2v) is 5.40. The number of hydrogen-bond acceptors (Lipinski definition) is 2. The highest BCUT2D eigenvalue weighted by atomic mass is 127. The van der Waals surface area contributed by atoms with Gasteiger partial charge in [0, 0.05) is 5.56 Å². The number of hydrogen-bond donors (Lipinski definition) is 0. The van der Waals surface area contributed by atoms with Gasteiger partial charge in [-0.05, 0) is 46.4 Å². The van der Waals surface area contributed by atoms with Gasteiger partial charge in [-0.1, -0.05) is 24.3 Å². The minimum absolute atomic E-state index is 0.0965. The lowest BCUT2D eigenvalue weighted by atomic mass is 10.0. The topological polar surface area (TPSA) is 18.5 Å². The summed E-state index contributed by atoms with van der Waals surface area (Å²) < 4.78 is 81.7. The molecule has 124 valence electrons. The number of benzene rings is 2. The lowest BCUT2D eigenvalue weighted by Gasteiger charge is -2.15. The summed E-state index contributed by atoms with van der Waals surface area (Å²) in [4.78, 5) is 0. The summed E-state index contributed by atoms with van der Waals surface area (Å²) in [7, 11) is 0. The third-order valence-electron chi connectivity index (χ3n) is 2.58. The predicted molar refractivity (Wildman–Crippen MR) is 78.0 cm³/mol. The molecule has 2 rings (SSSR count). The number of alkyl halides is 6. The summed E-state index contributed by atoms with van der Waals surface area (Å²) >= 11 is 1.60. The molecule has 0 N–H and O–H groups in total. The number of halogens is 7. The van der Waals surface area contributed by atoms with Gasteiger partial charge < -0.3 is 9.47 Å². The summed E-state index contributed by atoms with van der Waals surface area (Å²) in [6, 6.07) is 8.88. The van der Waals surface area contributed by atoms with Gasteiger partial charge in [-0.3, -0.25) is 0 Å². The maximum atomic E-state index is 12.4. The molecule has 0 radical (unpaired) electrons. The molecule has 23 heavy (non-hydrogen) atoms. The van der Waals surface area contributed by atoms with Crippen molar-refractivity contribution in [1.82, 2.24) is 0 Å². The zero-order chi connectivity index (χ0) is 17.3. The zero-order valence-corrected chi connectivity index (χ0v) is 13.2. The Morgan fingerprint density at radius 3 is 1.87 bits per heavy atom. The Morgan fingerprint density at radius 2 is 1.30 bits per heavy atom. The fourth-order valence-electron chi connectivity index (χ4n) is 1.79. The third-order valence-corrected chi connectivity index (χ3v) is 3.42. The molecule has 0 aliphatic heterocycles. The first-order valence-corrected chi connectivity index (χ1v) is 7.03. The molecule has 2 nitrogen and oxygen atoms in total. The minimum atomic E-state index is -4.87. The standard InChI is InChI=1S/C14H7F6IO2/c15-13(16,17)22-11-4-2-1-3-9(11)8-5-6-12(10(21)7-8)23-14(18,19)20/h1-7H. The second-order valence-electron chi connectivity index (χ2n) is 4.24. The first kappa shape index (κ1) is 17.7. The van der Waals surface area contributed by atoms with Gasteiger partial charge in [0.25, 0.3) is 0 Å². The molecule has 2 aromatic carbocycles. The van der Waals surface area contributed by atoms with E-state index in [0.717, 1.165) is 12.1 Å². The maximum Gasteiger partial charge on any atom is 0.573 e. The van der Waals surface area contributed by atoms with E-state index in [2.05, 4.69) is 9.47 Å². The normalized spacial score (nSPS) is 12.1. The van der Waals surface area contributed by atoms with Gasteiger partial charge in [0.2, 0.25) is 0 Å². The van der Waals surface area contributed by atoms with Gasteiger partial charge in [0.15, 0.2) is 0 Å². The first-order chi connectivity index (χ1) is 10.6. The van der Waals surface area contributed by atoms with E-state index in [1.165, 1.54) is 30.3 Å².